The molecule has 8 heteroatoms. The molecule has 6 nitrogen and oxygen atoms in total. The molecule has 138 valence electrons. The van der Waals surface area contributed by atoms with Gasteiger partial charge in [0.1, 0.15) is 6.54 Å². The van der Waals surface area contributed by atoms with E-state index in [4.69, 9.17) is 11.6 Å². The Morgan fingerprint density at radius 3 is 2.32 bits per heavy atom. The summed E-state index contributed by atoms with van der Waals surface area (Å²) in [6.45, 7) is -0.143. The number of esters is 1. The van der Waals surface area contributed by atoms with E-state index in [1.165, 1.54) is 19.2 Å². The molecule has 0 saturated heterocycles. The molecule has 0 spiro atoms. The third kappa shape index (κ3) is 5.44. The molecule has 1 N–H and O–H groups in total. The highest BCUT2D eigenvalue weighted by Gasteiger charge is 2.32. The number of rotatable bonds is 6. The number of hydrogen-bond acceptors (Lipinski definition) is 5. The second kappa shape index (κ2) is 8.67. The topological polar surface area (TPSA) is 89.5 Å². The summed E-state index contributed by atoms with van der Waals surface area (Å²) in [6, 6.07) is 6.21. The lowest BCUT2D eigenvalue weighted by atomic mass is 9.86. The maximum Gasteiger partial charge on any atom is 0.325 e. The highest BCUT2D eigenvalue weighted by Crippen LogP contribution is 2.33. The van der Waals surface area contributed by atoms with Crippen LogP contribution in [0.4, 0.5) is 0 Å². The van der Waals surface area contributed by atoms with E-state index < -0.39 is 21.1 Å². The SMILES string of the molecule is COC(=O)CNC(=O)C[C@H]1CC[C@@H](S(=O)(=O)c2ccc(Cl)cc2)CC1. The van der Waals surface area contributed by atoms with Gasteiger partial charge in [0.15, 0.2) is 9.84 Å². The molecule has 25 heavy (non-hydrogen) atoms. The summed E-state index contributed by atoms with van der Waals surface area (Å²) in [5, 5.41) is 2.58. The van der Waals surface area contributed by atoms with Crippen LogP contribution in [0.2, 0.25) is 5.02 Å². The molecule has 0 atom stereocenters. The van der Waals surface area contributed by atoms with E-state index >= 15 is 0 Å². The van der Waals surface area contributed by atoms with E-state index in [1.54, 1.807) is 12.1 Å². The van der Waals surface area contributed by atoms with Crippen LogP contribution in [0.5, 0.6) is 0 Å². The molecule has 1 saturated carbocycles. The summed E-state index contributed by atoms with van der Waals surface area (Å²) in [7, 11) is -2.12. The van der Waals surface area contributed by atoms with Crippen molar-refractivity contribution in [2.45, 2.75) is 42.2 Å². The van der Waals surface area contributed by atoms with Crippen LogP contribution in [-0.2, 0) is 24.2 Å². The van der Waals surface area contributed by atoms with E-state index in [9.17, 15) is 18.0 Å². The number of carbonyl (C=O) groups excluding carboxylic acids is 2. The predicted octanol–water partition coefficient (Wildman–Crippen LogP) is 2.35. The smallest absolute Gasteiger partial charge is 0.325 e. The number of ether oxygens (including phenoxy) is 1. The fraction of sp³-hybridized carbons (Fsp3) is 0.529. The Kier molecular flexibility index (Phi) is 6.84. The highest BCUT2D eigenvalue weighted by molar-refractivity contribution is 7.92. The summed E-state index contributed by atoms with van der Waals surface area (Å²) in [6.07, 6.45) is 2.69. The lowest BCUT2D eigenvalue weighted by Gasteiger charge is -2.28. The van der Waals surface area contributed by atoms with Crippen molar-refractivity contribution in [2.24, 2.45) is 5.92 Å². The number of methoxy groups -OCH3 is 1. The zero-order valence-electron chi connectivity index (χ0n) is 14.0. The Morgan fingerprint density at radius 2 is 1.76 bits per heavy atom. The number of sulfone groups is 1. The summed E-state index contributed by atoms with van der Waals surface area (Å²) >= 11 is 5.81. The van der Waals surface area contributed by atoms with Crippen LogP contribution in [0.15, 0.2) is 29.2 Å². The van der Waals surface area contributed by atoms with Gasteiger partial charge in [0.25, 0.3) is 0 Å². The van der Waals surface area contributed by atoms with E-state index in [0.29, 0.717) is 37.1 Å². The first kappa shape index (κ1) is 19.7. The van der Waals surface area contributed by atoms with E-state index in [2.05, 4.69) is 10.1 Å². The summed E-state index contributed by atoms with van der Waals surface area (Å²) < 4.78 is 29.8. The third-order valence-electron chi connectivity index (χ3n) is 4.51. The highest BCUT2D eigenvalue weighted by atomic mass is 35.5. The van der Waals surface area contributed by atoms with Crippen LogP contribution in [0.25, 0.3) is 0 Å². The fourth-order valence-corrected chi connectivity index (χ4v) is 4.96. The molecule has 0 bridgehead atoms. The lowest BCUT2D eigenvalue weighted by molar-refractivity contribution is -0.141. The average Bonchev–Trinajstić information content (AvgIpc) is 2.60. The van der Waals surface area contributed by atoms with Crippen molar-refractivity contribution in [3.63, 3.8) is 0 Å². The van der Waals surface area contributed by atoms with Gasteiger partial charge in [0.05, 0.1) is 17.3 Å². The van der Waals surface area contributed by atoms with Crippen molar-refractivity contribution in [3.05, 3.63) is 29.3 Å². The van der Waals surface area contributed by atoms with Gasteiger partial charge in [-0.3, -0.25) is 9.59 Å². The van der Waals surface area contributed by atoms with Crippen LogP contribution in [0.3, 0.4) is 0 Å². The minimum Gasteiger partial charge on any atom is -0.468 e. The molecule has 0 aliphatic heterocycles. The molecule has 1 aromatic rings. The molecule has 2 rings (SSSR count). The predicted molar refractivity (Wildman–Crippen MR) is 94.0 cm³/mol. The molecule has 1 fully saturated rings. The van der Waals surface area contributed by atoms with Gasteiger partial charge in [-0.15, -0.1) is 0 Å². The fourth-order valence-electron chi connectivity index (χ4n) is 3.04. The van der Waals surface area contributed by atoms with E-state index in [1.807, 2.05) is 0 Å². The average molecular weight is 388 g/mol. The zero-order valence-corrected chi connectivity index (χ0v) is 15.6. The minimum absolute atomic E-state index is 0.134. The van der Waals surface area contributed by atoms with Gasteiger partial charge in [-0.05, 0) is 55.9 Å². The number of carbonyl (C=O) groups is 2. The zero-order chi connectivity index (χ0) is 18.4. The van der Waals surface area contributed by atoms with E-state index in [-0.39, 0.29) is 23.3 Å². The first-order chi connectivity index (χ1) is 11.8. The first-order valence-corrected chi connectivity index (χ1v) is 10.1. The van der Waals surface area contributed by atoms with Gasteiger partial charge < -0.3 is 10.1 Å². The summed E-state index contributed by atoms with van der Waals surface area (Å²) in [5.41, 5.74) is 0. The number of nitrogens with one attached hydrogen (secondary N) is 1. The summed E-state index contributed by atoms with van der Waals surface area (Å²) in [4.78, 5) is 23.1. The van der Waals surface area contributed by atoms with Crippen molar-refractivity contribution in [1.29, 1.82) is 0 Å². The van der Waals surface area contributed by atoms with Crippen molar-refractivity contribution in [3.8, 4) is 0 Å². The van der Waals surface area contributed by atoms with Gasteiger partial charge in [0.2, 0.25) is 5.91 Å². The maximum absolute atomic E-state index is 12.7. The third-order valence-corrected chi connectivity index (χ3v) is 7.04. The number of halogens is 1. The van der Waals surface area contributed by atoms with Gasteiger partial charge in [-0.25, -0.2) is 8.42 Å². The van der Waals surface area contributed by atoms with Crippen LogP contribution in [0, 0.1) is 5.92 Å². The van der Waals surface area contributed by atoms with E-state index in [0.717, 1.165) is 0 Å². The van der Waals surface area contributed by atoms with Crippen LogP contribution in [-0.4, -0.2) is 39.2 Å². The van der Waals surface area contributed by atoms with Crippen LogP contribution in [0.1, 0.15) is 32.1 Å². The Hall–Kier alpha value is -1.60. The quantitative estimate of drug-likeness (QED) is 0.757. The molecule has 0 aromatic heterocycles. The second-order valence-corrected chi connectivity index (χ2v) is 8.86. The molecule has 1 aliphatic rings. The largest absolute Gasteiger partial charge is 0.468 e. The molecule has 0 radical (unpaired) electrons. The Labute approximate surface area is 152 Å². The molecule has 0 heterocycles. The summed E-state index contributed by atoms with van der Waals surface area (Å²) in [5.74, 6) is -0.574. The maximum atomic E-state index is 12.7. The van der Waals surface area contributed by atoms with Crippen molar-refractivity contribution in [2.75, 3.05) is 13.7 Å². The lowest BCUT2D eigenvalue weighted by Crippen LogP contribution is -2.33. The second-order valence-electron chi connectivity index (χ2n) is 6.20. The van der Waals surface area contributed by atoms with Gasteiger partial charge >= 0.3 is 5.97 Å². The number of amides is 1. The normalized spacial score (nSPS) is 20.7. The number of hydrogen-bond donors (Lipinski definition) is 1. The monoisotopic (exact) mass is 387 g/mol. The first-order valence-electron chi connectivity index (χ1n) is 8.16. The Morgan fingerprint density at radius 1 is 1.16 bits per heavy atom. The van der Waals surface area contributed by atoms with Gasteiger partial charge in [-0.1, -0.05) is 11.6 Å². The Balaban J connectivity index is 1.85. The molecule has 1 aliphatic carbocycles. The molecular formula is C17H22ClNO5S. The molecule has 1 aromatic carbocycles. The van der Waals surface area contributed by atoms with Gasteiger partial charge in [0, 0.05) is 11.4 Å². The van der Waals surface area contributed by atoms with Crippen molar-refractivity contribution in [1.82, 2.24) is 5.32 Å². The van der Waals surface area contributed by atoms with Crippen molar-refractivity contribution < 1.29 is 22.7 Å². The molecule has 1 amide bonds. The van der Waals surface area contributed by atoms with Crippen molar-refractivity contribution >= 4 is 33.3 Å². The van der Waals surface area contributed by atoms with Gasteiger partial charge in [-0.2, -0.15) is 0 Å². The minimum atomic E-state index is -3.38. The Bertz CT molecular complexity index is 709. The molecule has 0 unspecified atom stereocenters. The van der Waals surface area contributed by atoms with Crippen LogP contribution < -0.4 is 5.32 Å². The molecular weight excluding hydrogens is 366 g/mol. The number of benzene rings is 1. The standard InChI is InChI=1S/C17H22ClNO5S/c1-24-17(21)11-19-16(20)10-12-2-6-14(7-3-12)25(22,23)15-8-4-13(18)5-9-15/h4-5,8-9,12,14H,2-3,6-7,10-11H2,1H3,(H,19,20)/t12-,14+. The van der Waals surface area contributed by atoms with Crippen LogP contribution >= 0.6 is 11.6 Å².